The molecule has 0 spiro atoms. The molecule has 1 unspecified atom stereocenters. The molecule has 3 nitrogen and oxygen atoms in total. The molecule has 0 bridgehead atoms. The standard InChI is InChI=1S/C4H8FNO2/c1-3(2-5)6-4(7)8/h3,6H,2H2,1H3,(H,7,8). The van der Waals surface area contributed by atoms with Crippen LogP contribution in [0.25, 0.3) is 0 Å². The van der Waals surface area contributed by atoms with Crippen LogP contribution in [0.3, 0.4) is 0 Å². The Balaban J connectivity index is 3.24. The highest BCUT2D eigenvalue weighted by atomic mass is 19.1. The van der Waals surface area contributed by atoms with Crippen LogP contribution in [0.1, 0.15) is 6.92 Å². The first-order chi connectivity index (χ1) is 3.66. The third-order valence-electron chi connectivity index (χ3n) is 0.601. The van der Waals surface area contributed by atoms with Gasteiger partial charge in [-0.2, -0.15) is 0 Å². The van der Waals surface area contributed by atoms with E-state index >= 15 is 0 Å². The minimum atomic E-state index is -1.19. The van der Waals surface area contributed by atoms with Crippen LogP contribution in [0.2, 0.25) is 0 Å². The second kappa shape index (κ2) is 3.23. The Morgan fingerprint density at radius 1 is 2.00 bits per heavy atom. The first kappa shape index (κ1) is 7.20. The highest BCUT2D eigenvalue weighted by Crippen LogP contribution is 1.79. The summed E-state index contributed by atoms with van der Waals surface area (Å²) < 4.78 is 11.4. The van der Waals surface area contributed by atoms with Gasteiger partial charge in [-0.25, -0.2) is 9.18 Å². The van der Waals surface area contributed by atoms with Gasteiger partial charge in [0.05, 0.1) is 6.04 Å². The summed E-state index contributed by atoms with van der Waals surface area (Å²) in [5.41, 5.74) is 0. The van der Waals surface area contributed by atoms with Crippen molar-refractivity contribution < 1.29 is 14.3 Å². The van der Waals surface area contributed by atoms with Crippen LogP contribution in [-0.4, -0.2) is 23.9 Å². The highest BCUT2D eigenvalue weighted by molar-refractivity contribution is 5.64. The number of nitrogens with one attached hydrogen (secondary N) is 1. The zero-order chi connectivity index (χ0) is 6.57. The zero-order valence-electron chi connectivity index (χ0n) is 4.52. The quantitative estimate of drug-likeness (QED) is 0.562. The maximum Gasteiger partial charge on any atom is 0.404 e. The molecule has 0 aromatic rings. The molecular formula is C4H8FNO2. The Hall–Kier alpha value is -0.800. The fourth-order valence-electron chi connectivity index (χ4n) is 0.249. The van der Waals surface area contributed by atoms with Crippen molar-refractivity contribution >= 4 is 6.09 Å². The summed E-state index contributed by atoms with van der Waals surface area (Å²) in [5, 5.41) is 9.87. The van der Waals surface area contributed by atoms with Crippen molar-refractivity contribution in [1.29, 1.82) is 0 Å². The molecule has 0 aliphatic rings. The molecule has 0 rings (SSSR count). The Morgan fingerprint density at radius 2 is 2.50 bits per heavy atom. The Kier molecular flexibility index (Phi) is 2.91. The zero-order valence-corrected chi connectivity index (χ0v) is 4.52. The lowest BCUT2D eigenvalue weighted by Crippen LogP contribution is -2.32. The summed E-state index contributed by atoms with van der Waals surface area (Å²) in [6.45, 7) is 0.792. The van der Waals surface area contributed by atoms with Crippen molar-refractivity contribution in [2.45, 2.75) is 13.0 Å². The summed E-state index contributed by atoms with van der Waals surface area (Å²) in [4.78, 5) is 9.69. The van der Waals surface area contributed by atoms with Gasteiger partial charge in [0.2, 0.25) is 0 Å². The summed E-state index contributed by atoms with van der Waals surface area (Å²) in [7, 11) is 0. The number of halogens is 1. The Morgan fingerprint density at radius 3 is 2.62 bits per heavy atom. The molecule has 0 aromatic heterocycles. The Bertz CT molecular complexity index is 86.1. The largest absolute Gasteiger partial charge is 0.465 e. The Labute approximate surface area is 46.5 Å². The topological polar surface area (TPSA) is 49.3 Å². The van der Waals surface area contributed by atoms with Crippen molar-refractivity contribution in [3.63, 3.8) is 0 Å². The van der Waals surface area contributed by atoms with Gasteiger partial charge in [0.15, 0.2) is 0 Å². The molecule has 0 aromatic carbocycles. The fourth-order valence-corrected chi connectivity index (χ4v) is 0.249. The average Bonchev–Trinajstić information content (AvgIpc) is 1.65. The van der Waals surface area contributed by atoms with Crippen molar-refractivity contribution in [2.24, 2.45) is 0 Å². The minimum Gasteiger partial charge on any atom is -0.465 e. The van der Waals surface area contributed by atoms with E-state index in [2.05, 4.69) is 0 Å². The number of rotatable bonds is 2. The van der Waals surface area contributed by atoms with E-state index in [0.29, 0.717) is 0 Å². The minimum absolute atomic E-state index is 0.590. The van der Waals surface area contributed by atoms with Gasteiger partial charge in [-0.3, -0.25) is 0 Å². The fraction of sp³-hybridized carbons (Fsp3) is 0.750. The van der Waals surface area contributed by atoms with Gasteiger partial charge < -0.3 is 10.4 Å². The number of carboxylic acid groups (broad SMARTS) is 1. The predicted molar refractivity (Wildman–Crippen MR) is 26.6 cm³/mol. The lowest BCUT2D eigenvalue weighted by Gasteiger charge is -2.03. The van der Waals surface area contributed by atoms with Gasteiger partial charge in [-0.1, -0.05) is 0 Å². The van der Waals surface area contributed by atoms with Crippen LogP contribution < -0.4 is 5.32 Å². The summed E-state index contributed by atoms with van der Waals surface area (Å²) in [6, 6.07) is -0.590. The molecule has 1 amide bonds. The smallest absolute Gasteiger partial charge is 0.404 e. The van der Waals surface area contributed by atoms with Crippen LogP contribution in [-0.2, 0) is 0 Å². The van der Waals surface area contributed by atoms with E-state index in [4.69, 9.17) is 5.11 Å². The summed E-state index contributed by atoms with van der Waals surface area (Å²) >= 11 is 0. The molecule has 0 saturated carbocycles. The number of hydrogen-bond donors (Lipinski definition) is 2. The molecule has 1 atom stereocenters. The first-order valence-electron chi connectivity index (χ1n) is 2.22. The predicted octanol–water partition coefficient (Wildman–Crippen LogP) is 0.612. The molecular weight excluding hydrogens is 113 g/mol. The number of hydrogen-bond acceptors (Lipinski definition) is 1. The van der Waals surface area contributed by atoms with Crippen LogP contribution in [0, 0.1) is 0 Å². The van der Waals surface area contributed by atoms with Crippen LogP contribution in [0.4, 0.5) is 9.18 Å². The van der Waals surface area contributed by atoms with Crippen molar-refractivity contribution in [3.8, 4) is 0 Å². The number of alkyl halides is 1. The molecule has 48 valence electrons. The third-order valence-corrected chi connectivity index (χ3v) is 0.601. The van der Waals surface area contributed by atoms with Gasteiger partial charge >= 0.3 is 6.09 Å². The van der Waals surface area contributed by atoms with E-state index in [9.17, 15) is 9.18 Å². The van der Waals surface area contributed by atoms with E-state index < -0.39 is 18.8 Å². The van der Waals surface area contributed by atoms with Crippen molar-refractivity contribution in [1.82, 2.24) is 5.32 Å². The molecule has 0 fully saturated rings. The maximum atomic E-state index is 11.4. The van der Waals surface area contributed by atoms with E-state index in [0.717, 1.165) is 0 Å². The van der Waals surface area contributed by atoms with Gasteiger partial charge in [0, 0.05) is 0 Å². The lowest BCUT2D eigenvalue weighted by atomic mass is 10.4. The second-order valence-corrected chi connectivity index (χ2v) is 1.50. The molecule has 2 N–H and O–H groups in total. The van der Waals surface area contributed by atoms with Crippen molar-refractivity contribution in [3.05, 3.63) is 0 Å². The molecule has 8 heavy (non-hydrogen) atoms. The van der Waals surface area contributed by atoms with Gasteiger partial charge in [0.1, 0.15) is 6.67 Å². The second-order valence-electron chi connectivity index (χ2n) is 1.50. The first-order valence-corrected chi connectivity index (χ1v) is 2.22. The van der Waals surface area contributed by atoms with Crippen molar-refractivity contribution in [2.75, 3.05) is 6.67 Å². The van der Waals surface area contributed by atoms with E-state index in [1.807, 2.05) is 5.32 Å². The molecule has 0 heterocycles. The SMILES string of the molecule is CC(CF)NC(=O)O. The third kappa shape index (κ3) is 3.39. The average molecular weight is 121 g/mol. The summed E-state index contributed by atoms with van der Waals surface area (Å²) in [5.74, 6) is 0. The molecule has 0 aliphatic heterocycles. The monoisotopic (exact) mass is 121 g/mol. The molecule has 0 saturated heterocycles. The molecule has 0 aliphatic carbocycles. The number of amides is 1. The lowest BCUT2D eigenvalue weighted by molar-refractivity contribution is 0.188. The maximum absolute atomic E-state index is 11.4. The van der Waals surface area contributed by atoms with Crippen LogP contribution in [0.15, 0.2) is 0 Å². The highest BCUT2D eigenvalue weighted by Gasteiger charge is 2.01. The molecule has 4 heteroatoms. The summed E-state index contributed by atoms with van der Waals surface area (Å²) in [6.07, 6.45) is -1.19. The van der Waals surface area contributed by atoms with E-state index in [1.165, 1.54) is 6.92 Å². The van der Waals surface area contributed by atoms with Crippen LogP contribution >= 0.6 is 0 Å². The normalized spacial score (nSPS) is 12.8. The van der Waals surface area contributed by atoms with E-state index in [1.54, 1.807) is 0 Å². The number of carbonyl (C=O) groups is 1. The van der Waals surface area contributed by atoms with E-state index in [-0.39, 0.29) is 0 Å². The molecule has 0 radical (unpaired) electrons. The van der Waals surface area contributed by atoms with Crippen LogP contribution in [0.5, 0.6) is 0 Å². The van der Waals surface area contributed by atoms with Gasteiger partial charge in [-0.05, 0) is 6.92 Å². The van der Waals surface area contributed by atoms with Gasteiger partial charge in [-0.15, -0.1) is 0 Å². The van der Waals surface area contributed by atoms with Gasteiger partial charge in [0.25, 0.3) is 0 Å².